The van der Waals surface area contributed by atoms with Gasteiger partial charge in [-0.25, -0.2) is 0 Å². The molecule has 5 aliphatic rings. The lowest BCUT2D eigenvalue weighted by atomic mass is 9.47. The van der Waals surface area contributed by atoms with E-state index < -0.39 is 0 Å². The molecule has 3 saturated carbocycles. The summed E-state index contributed by atoms with van der Waals surface area (Å²) in [4.78, 5) is 0. The molecule has 0 bridgehead atoms. The Bertz CT molecular complexity index is 1040. The van der Waals surface area contributed by atoms with Gasteiger partial charge in [-0.2, -0.15) is 10.4 Å². The SMILES string of the molecule is C[C@H]1[C@H]2C(=NN1c1ccc(C#N)cc1)C[C@H]1[C@@H]3CC=C4C[C@@H](O)CC[C@]4(C)[C@H]3CC[C@]21C. The first-order valence-corrected chi connectivity index (χ1v) is 12.6. The van der Waals surface area contributed by atoms with Gasteiger partial charge in [0.1, 0.15) is 0 Å². The first kappa shape index (κ1) is 20.5. The first-order chi connectivity index (χ1) is 15.3. The summed E-state index contributed by atoms with van der Waals surface area (Å²) in [6.45, 7) is 7.42. The molecule has 1 heterocycles. The molecule has 1 aromatic carbocycles. The Balaban J connectivity index is 1.31. The highest BCUT2D eigenvalue weighted by atomic mass is 16.3. The Labute approximate surface area is 192 Å². The van der Waals surface area contributed by atoms with Crippen molar-refractivity contribution in [1.29, 1.82) is 5.26 Å². The minimum Gasteiger partial charge on any atom is -0.393 e. The van der Waals surface area contributed by atoms with E-state index in [4.69, 9.17) is 10.4 Å². The lowest BCUT2D eigenvalue weighted by molar-refractivity contribution is -0.0509. The monoisotopic (exact) mass is 429 g/mol. The number of benzene rings is 1. The number of anilines is 1. The van der Waals surface area contributed by atoms with Crippen molar-refractivity contribution in [2.75, 3.05) is 5.01 Å². The number of nitriles is 1. The topological polar surface area (TPSA) is 59.6 Å². The third-order valence-corrected chi connectivity index (χ3v) is 10.4. The fourth-order valence-electron chi connectivity index (χ4n) is 8.78. The summed E-state index contributed by atoms with van der Waals surface area (Å²) in [5.74, 6) is 2.76. The highest BCUT2D eigenvalue weighted by Gasteiger charge is 2.63. The normalized spacial score (nSPS) is 44.5. The van der Waals surface area contributed by atoms with Gasteiger partial charge in [0, 0.05) is 11.6 Å². The van der Waals surface area contributed by atoms with Crippen LogP contribution in [-0.4, -0.2) is 23.0 Å². The van der Waals surface area contributed by atoms with E-state index >= 15 is 0 Å². The van der Waals surface area contributed by atoms with E-state index in [2.05, 4.69) is 37.9 Å². The molecule has 1 aromatic rings. The van der Waals surface area contributed by atoms with E-state index in [1.165, 1.54) is 25.0 Å². The van der Waals surface area contributed by atoms with Crippen molar-refractivity contribution in [2.45, 2.75) is 77.9 Å². The highest BCUT2D eigenvalue weighted by molar-refractivity contribution is 5.94. The Kier molecular flexibility index (Phi) is 4.44. The predicted octanol–water partition coefficient (Wildman–Crippen LogP) is 5.67. The van der Waals surface area contributed by atoms with Gasteiger partial charge in [0.2, 0.25) is 0 Å². The maximum Gasteiger partial charge on any atom is 0.0991 e. The van der Waals surface area contributed by atoms with Crippen molar-refractivity contribution in [3.8, 4) is 6.07 Å². The van der Waals surface area contributed by atoms with Crippen LogP contribution >= 0.6 is 0 Å². The average Bonchev–Trinajstić information content (AvgIpc) is 3.28. The Morgan fingerprint density at radius 3 is 2.62 bits per heavy atom. The van der Waals surface area contributed by atoms with Crippen molar-refractivity contribution in [3.05, 3.63) is 41.5 Å². The number of aliphatic hydroxyl groups excluding tert-OH is 1. The van der Waals surface area contributed by atoms with Gasteiger partial charge < -0.3 is 5.11 Å². The van der Waals surface area contributed by atoms with E-state index in [-0.39, 0.29) is 6.10 Å². The van der Waals surface area contributed by atoms with Crippen LogP contribution in [0.25, 0.3) is 0 Å². The molecule has 32 heavy (non-hydrogen) atoms. The molecule has 4 heteroatoms. The summed E-state index contributed by atoms with van der Waals surface area (Å²) in [6, 6.07) is 10.5. The molecular formula is C28H35N3O. The first-order valence-electron chi connectivity index (χ1n) is 12.6. The number of nitrogens with zero attached hydrogens (tertiary/aromatic N) is 3. The van der Waals surface area contributed by atoms with Crippen molar-refractivity contribution < 1.29 is 5.11 Å². The summed E-state index contributed by atoms with van der Waals surface area (Å²) in [5.41, 5.74) is 5.38. The van der Waals surface area contributed by atoms with Crippen LogP contribution in [0.4, 0.5) is 5.69 Å². The maximum atomic E-state index is 10.3. The summed E-state index contributed by atoms with van der Waals surface area (Å²) in [7, 11) is 0. The van der Waals surface area contributed by atoms with Gasteiger partial charge >= 0.3 is 0 Å². The molecule has 3 fully saturated rings. The molecule has 6 rings (SSSR count). The van der Waals surface area contributed by atoms with Gasteiger partial charge in [-0.15, -0.1) is 0 Å². The Hall–Kier alpha value is -2.12. The zero-order chi connectivity index (χ0) is 22.3. The molecule has 8 atom stereocenters. The minimum atomic E-state index is -0.131. The summed E-state index contributed by atoms with van der Waals surface area (Å²) < 4.78 is 0. The molecule has 0 saturated heterocycles. The third kappa shape index (κ3) is 2.67. The van der Waals surface area contributed by atoms with E-state index in [1.54, 1.807) is 5.57 Å². The molecule has 0 radical (unpaired) electrons. The molecule has 0 spiro atoms. The van der Waals surface area contributed by atoms with Crippen LogP contribution in [0.15, 0.2) is 41.0 Å². The van der Waals surface area contributed by atoms with Crippen molar-refractivity contribution in [2.24, 2.45) is 39.6 Å². The van der Waals surface area contributed by atoms with Gasteiger partial charge in [-0.3, -0.25) is 5.01 Å². The highest BCUT2D eigenvalue weighted by Crippen LogP contribution is 2.67. The van der Waals surface area contributed by atoms with Gasteiger partial charge in [0.15, 0.2) is 0 Å². The van der Waals surface area contributed by atoms with E-state index in [9.17, 15) is 5.11 Å². The third-order valence-electron chi connectivity index (χ3n) is 10.4. The van der Waals surface area contributed by atoms with Crippen LogP contribution in [0, 0.1) is 45.8 Å². The molecule has 1 aliphatic heterocycles. The summed E-state index contributed by atoms with van der Waals surface area (Å²) in [5, 5.41) is 26.8. The lowest BCUT2D eigenvalue weighted by Gasteiger charge is -2.58. The number of hydrogen-bond donors (Lipinski definition) is 1. The second-order valence-electron chi connectivity index (χ2n) is 11.7. The second-order valence-corrected chi connectivity index (χ2v) is 11.7. The van der Waals surface area contributed by atoms with Crippen LogP contribution in [0.2, 0.25) is 0 Å². The summed E-state index contributed by atoms with van der Waals surface area (Å²) >= 11 is 0. The number of fused-ring (bicyclic) bond motifs is 7. The van der Waals surface area contributed by atoms with Crippen LogP contribution in [0.1, 0.15) is 71.3 Å². The maximum absolute atomic E-state index is 10.3. The number of aliphatic hydroxyl groups is 1. The van der Waals surface area contributed by atoms with E-state index in [1.807, 2.05) is 24.3 Å². The lowest BCUT2D eigenvalue weighted by Crippen LogP contribution is -2.52. The zero-order valence-electron chi connectivity index (χ0n) is 19.6. The van der Waals surface area contributed by atoms with Crippen molar-refractivity contribution in [3.63, 3.8) is 0 Å². The van der Waals surface area contributed by atoms with Crippen LogP contribution < -0.4 is 5.01 Å². The number of hydrogen-bond acceptors (Lipinski definition) is 4. The largest absolute Gasteiger partial charge is 0.393 e. The van der Waals surface area contributed by atoms with Crippen LogP contribution in [-0.2, 0) is 0 Å². The molecule has 168 valence electrons. The molecule has 4 aliphatic carbocycles. The van der Waals surface area contributed by atoms with Gasteiger partial charge in [-0.05, 0) is 105 Å². The van der Waals surface area contributed by atoms with Crippen LogP contribution in [0.3, 0.4) is 0 Å². The minimum absolute atomic E-state index is 0.131. The average molecular weight is 430 g/mol. The van der Waals surface area contributed by atoms with Gasteiger partial charge in [0.25, 0.3) is 0 Å². The molecule has 0 aromatic heterocycles. The standard InChI is InChI=1S/C28H35N3O/c1-17-26-25(30-31(17)20-7-4-18(16-29)5-8-20)15-24-22-9-6-19-14-21(32)10-12-27(19,2)23(22)11-13-28(24,26)3/h4-8,17,21-24,26,32H,9-15H2,1-3H3/t17-,21-,22+,23-,24-,26-,27-,28-/m0/s1. The molecule has 4 nitrogen and oxygen atoms in total. The molecular weight excluding hydrogens is 394 g/mol. The zero-order valence-corrected chi connectivity index (χ0v) is 19.6. The Morgan fingerprint density at radius 2 is 1.88 bits per heavy atom. The van der Waals surface area contributed by atoms with E-state index in [0.717, 1.165) is 49.1 Å². The quantitative estimate of drug-likeness (QED) is 0.585. The van der Waals surface area contributed by atoms with Crippen molar-refractivity contribution in [1.82, 2.24) is 0 Å². The molecule has 0 amide bonds. The van der Waals surface area contributed by atoms with Gasteiger partial charge in [-0.1, -0.05) is 25.5 Å². The number of rotatable bonds is 1. The smallest absolute Gasteiger partial charge is 0.0991 e. The van der Waals surface area contributed by atoms with Gasteiger partial charge in [0.05, 0.1) is 29.5 Å². The Morgan fingerprint density at radius 1 is 1.09 bits per heavy atom. The fourth-order valence-corrected chi connectivity index (χ4v) is 8.78. The second kappa shape index (κ2) is 6.94. The molecule has 0 unspecified atom stereocenters. The molecule has 1 N–H and O–H groups in total. The number of hydrazone groups is 1. The number of allylic oxidation sites excluding steroid dienone is 1. The summed E-state index contributed by atoms with van der Waals surface area (Å²) in [6.07, 6.45) is 10.3. The predicted molar refractivity (Wildman–Crippen MR) is 127 cm³/mol. The van der Waals surface area contributed by atoms with E-state index in [0.29, 0.717) is 28.4 Å². The van der Waals surface area contributed by atoms with Crippen molar-refractivity contribution >= 4 is 11.4 Å². The fraction of sp³-hybridized carbons (Fsp3) is 0.643. The van der Waals surface area contributed by atoms with Crippen LogP contribution in [0.5, 0.6) is 0 Å².